The van der Waals surface area contributed by atoms with E-state index >= 15 is 0 Å². The predicted molar refractivity (Wildman–Crippen MR) is 139 cm³/mol. The molecule has 0 heterocycles. The number of ether oxygens (including phenoxy) is 1. The van der Waals surface area contributed by atoms with Gasteiger partial charge in [0, 0.05) is 18.6 Å². The minimum Gasteiger partial charge on any atom is -0.411 e. The molecule has 0 bridgehead atoms. The Morgan fingerprint density at radius 2 is 2.00 bits per heavy atom. The van der Waals surface area contributed by atoms with Crippen LogP contribution in [0.4, 0.5) is 0 Å². The molecule has 3 aliphatic carbocycles. The summed E-state index contributed by atoms with van der Waals surface area (Å²) in [7, 11) is 0. The Balaban J connectivity index is 1.40. The molecule has 1 aromatic rings. The van der Waals surface area contributed by atoms with Gasteiger partial charge >= 0.3 is 0 Å². The van der Waals surface area contributed by atoms with Crippen molar-refractivity contribution in [1.82, 2.24) is 0 Å². The van der Waals surface area contributed by atoms with Crippen LogP contribution in [0.2, 0.25) is 0 Å². The van der Waals surface area contributed by atoms with Crippen LogP contribution in [0.15, 0.2) is 70.9 Å². The van der Waals surface area contributed by atoms with Crippen LogP contribution >= 0.6 is 0 Å². The number of hydrogen-bond acceptors (Lipinski definition) is 5. The zero-order valence-corrected chi connectivity index (χ0v) is 21.2. The second kappa shape index (κ2) is 11.2. The van der Waals surface area contributed by atoms with Crippen molar-refractivity contribution < 1.29 is 20.2 Å². The second-order valence-electron chi connectivity index (χ2n) is 11.1. The molecule has 190 valence electrons. The van der Waals surface area contributed by atoms with Gasteiger partial charge in [0.2, 0.25) is 0 Å². The predicted octanol–water partition coefficient (Wildman–Crippen LogP) is 5.66. The summed E-state index contributed by atoms with van der Waals surface area (Å²) < 4.78 is 6.05. The number of aliphatic hydroxyl groups excluding tert-OH is 2. The monoisotopic (exact) mass is 479 g/mol. The Morgan fingerprint density at radius 3 is 2.74 bits per heavy atom. The van der Waals surface area contributed by atoms with Crippen LogP contribution in [-0.2, 0) is 4.74 Å². The molecule has 0 aliphatic heterocycles. The SMILES string of the molecule is C=C1/C(=C\C=C2/CCC[C@]3(C)[C@@H]([C@H](C)COC/C(=N\O)c4ccccc4)CC[C@@H]23)C[C@@H](O)C[C@@H]1O. The van der Waals surface area contributed by atoms with Gasteiger partial charge in [-0.05, 0) is 72.8 Å². The molecule has 3 aliphatic rings. The molecule has 0 unspecified atom stereocenters. The van der Waals surface area contributed by atoms with Gasteiger partial charge in [0.1, 0.15) is 5.71 Å². The van der Waals surface area contributed by atoms with Crippen molar-refractivity contribution >= 4 is 5.71 Å². The molecule has 1 aromatic carbocycles. The average molecular weight is 480 g/mol. The topological polar surface area (TPSA) is 82.3 Å². The fourth-order valence-electron chi connectivity index (χ4n) is 6.94. The molecule has 3 fully saturated rings. The van der Waals surface area contributed by atoms with Crippen LogP contribution in [-0.4, -0.2) is 46.6 Å². The third-order valence-electron chi connectivity index (χ3n) is 8.84. The molecule has 6 atom stereocenters. The normalized spacial score (nSPS) is 34.9. The Morgan fingerprint density at radius 1 is 1.23 bits per heavy atom. The van der Waals surface area contributed by atoms with Gasteiger partial charge < -0.3 is 20.2 Å². The van der Waals surface area contributed by atoms with E-state index in [2.05, 4.69) is 37.7 Å². The van der Waals surface area contributed by atoms with E-state index in [1.54, 1.807) is 0 Å². The molecule has 0 spiro atoms. The Bertz CT molecular complexity index is 981. The van der Waals surface area contributed by atoms with Crippen LogP contribution in [0.25, 0.3) is 0 Å². The highest BCUT2D eigenvalue weighted by Crippen LogP contribution is 2.59. The van der Waals surface area contributed by atoms with Gasteiger partial charge in [-0.25, -0.2) is 0 Å². The molecule has 5 heteroatoms. The number of rotatable bonds is 7. The molecule has 4 rings (SSSR count). The molecular weight excluding hydrogens is 438 g/mol. The molecule has 0 amide bonds. The van der Waals surface area contributed by atoms with Crippen molar-refractivity contribution in [2.75, 3.05) is 13.2 Å². The molecule has 0 saturated heterocycles. The first-order valence-electron chi connectivity index (χ1n) is 13.1. The zero-order chi connectivity index (χ0) is 25.0. The third kappa shape index (κ3) is 5.63. The van der Waals surface area contributed by atoms with E-state index in [0.29, 0.717) is 49.5 Å². The molecule has 35 heavy (non-hydrogen) atoms. The van der Waals surface area contributed by atoms with Gasteiger partial charge in [-0.1, -0.05) is 73.6 Å². The summed E-state index contributed by atoms with van der Waals surface area (Å²) in [5.74, 6) is 1.57. The molecule has 0 radical (unpaired) electrons. The summed E-state index contributed by atoms with van der Waals surface area (Å²) in [5.41, 5.74) is 4.93. The van der Waals surface area contributed by atoms with E-state index in [4.69, 9.17) is 4.74 Å². The lowest BCUT2D eigenvalue weighted by Crippen LogP contribution is -2.37. The van der Waals surface area contributed by atoms with E-state index in [-0.39, 0.29) is 5.41 Å². The lowest BCUT2D eigenvalue weighted by atomic mass is 9.61. The van der Waals surface area contributed by atoms with Crippen molar-refractivity contribution in [1.29, 1.82) is 0 Å². The smallest absolute Gasteiger partial charge is 0.112 e. The number of allylic oxidation sites excluding steroid dienone is 3. The summed E-state index contributed by atoms with van der Waals surface area (Å²) in [5, 5.41) is 33.1. The fraction of sp³-hybridized carbons (Fsp3) is 0.567. The molecular formula is C30H41NO4. The number of fused-ring (bicyclic) bond motifs is 1. The van der Waals surface area contributed by atoms with Crippen LogP contribution in [0.3, 0.4) is 0 Å². The minimum atomic E-state index is -0.644. The summed E-state index contributed by atoms with van der Waals surface area (Å²) in [6.07, 6.45) is 10.1. The fourth-order valence-corrected chi connectivity index (χ4v) is 6.94. The highest BCUT2D eigenvalue weighted by Gasteiger charge is 2.50. The number of nitrogens with zero attached hydrogens (tertiary/aromatic N) is 1. The van der Waals surface area contributed by atoms with Crippen LogP contribution in [0.5, 0.6) is 0 Å². The third-order valence-corrected chi connectivity index (χ3v) is 8.84. The van der Waals surface area contributed by atoms with Crippen LogP contribution in [0, 0.1) is 23.2 Å². The van der Waals surface area contributed by atoms with Gasteiger partial charge in [-0.3, -0.25) is 0 Å². The standard InChI is InChI=1S/C30H41NO4/c1-20(18-35-19-28(31-34)23-8-5-4-6-9-23)26-13-14-27-22(10-7-15-30(26,27)3)11-12-24-16-25(32)17-29(33)21(24)2/h4-6,8-9,11-12,20,25-27,29,32-34H,2,7,10,13-19H2,1,3H3/b22-11+,24-12-,31-28+/t20-,25-,26-,27+,29+,30-/m1/s1. The van der Waals surface area contributed by atoms with Crippen LogP contribution < -0.4 is 0 Å². The van der Waals surface area contributed by atoms with Gasteiger partial charge in [-0.15, -0.1) is 0 Å². The summed E-state index contributed by atoms with van der Waals surface area (Å²) in [4.78, 5) is 0. The molecule has 0 aromatic heterocycles. The highest BCUT2D eigenvalue weighted by molar-refractivity contribution is 6.01. The molecule has 5 nitrogen and oxygen atoms in total. The first kappa shape index (κ1) is 25.9. The van der Waals surface area contributed by atoms with E-state index in [0.717, 1.165) is 23.1 Å². The van der Waals surface area contributed by atoms with E-state index < -0.39 is 12.2 Å². The van der Waals surface area contributed by atoms with Crippen molar-refractivity contribution in [2.45, 2.75) is 71.0 Å². The number of aliphatic hydroxyl groups is 2. The average Bonchev–Trinajstić information content (AvgIpc) is 3.21. The quantitative estimate of drug-likeness (QED) is 0.268. The van der Waals surface area contributed by atoms with Crippen molar-refractivity contribution in [3.63, 3.8) is 0 Å². The first-order valence-corrected chi connectivity index (χ1v) is 13.1. The molecule has 3 N–H and O–H groups in total. The highest BCUT2D eigenvalue weighted by atomic mass is 16.5. The Labute approximate surface area is 209 Å². The number of benzene rings is 1. The maximum atomic E-state index is 10.2. The maximum Gasteiger partial charge on any atom is 0.112 e. The largest absolute Gasteiger partial charge is 0.411 e. The van der Waals surface area contributed by atoms with Crippen molar-refractivity contribution in [2.24, 2.45) is 28.3 Å². The Hall–Kier alpha value is -2.21. The van der Waals surface area contributed by atoms with Gasteiger partial charge in [0.25, 0.3) is 0 Å². The second-order valence-corrected chi connectivity index (χ2v) is 11.1. The van der Waals surface area contributed by atoms with Gasteiger partial charge in [0.05, 0.1) is 18.8 Å². The summed E-state index contributed by atoms with van der Waals surface area (Å²) >= 11 is 0. The maximum absolute atomic E-state index is 10.2. The van der Waals surface area contributed by atoms with E-state index in [1.807, 2.05) is 30.3 Å². The van der Waals surface area contributed by atoms with Crippen molar-refractivity contribution in [3.05, 3.63) is 71.3 Å². The molecule has 3 saturated carbocycles. The van der Waals surface area contributed by atoms with Gasteiger partial charge in [0.15, 0.2) is 0 Å². The van der Waals surface area contributed by atoms with Gasteiger partial charge in [-0.2, -0.15) is 0 Å². The van der Waals surface area contributed by atoms with E-state index in [1.165, 1.54) is 31.3 Å². The van der Waals surface area contributed by atoms with Crippen molar-refractivity contribution in [3.8, 4) is 0 Å². The first-order chi connectivity index (χ1) is 16.8. The van der Waals surface area contributed by atoms with Crippen LogP contribution in [0.1, 0.15) is 64.4 Å². The number of oxime groups is 1. The summed E-state index contributed by atoms with van der Waals surface area (Å²) in [6, 6.07) is 9.67. The Kier molecular flexibility index (Phi) is 8.31. The summed E-state index contributed by atoms with van der Waals surface area (Å²) in [6.45, 7) is 9.77. The zero-order valence-electron chi connectivity index (χ0n) is 21.2. The minimum absolute atomic E-state index is 0.251. The number of hydrogen-bond donors (Lipinski definition) is 3. The van der Waals surface area contributed by atoms with E-state index in [9.17, 15) is 15.4 Å². The lowest BCUT2D eigenvalue weighted by molar-refractivity contribution is 0.0454. The lowest BCUT2D eigenvalue weighted by Gasteiger charge is -2.44.